The van der Waals surface area contributed by atoms with Crippen LogP contribution in [0.15, 0.2) is 24.3 Å². The van der Waals surface area contributed by atoms with Crippen LogP contribution in [0.4, 0.5) is 5.13 Å². The predicted molar refractivity (Wildman–Crippen MR) is 107 cm³/mol. The standard InChI is InChI=1S/C19H23ClN4OS/c1-2-22-19-23-16(17(26-19)12-4-3-5-13(20)8-12)18(25)24-14-7-6-11(9-14)15(24)10-21/h3-5,8,11,14-15H,2,6-7,9-10,21H2,1H3,(H,22,23)/t11-,14+,15+/m0/s1. The zero-order chi connectivity index (χ0) is 18.3. The van der Waals surface area contributed by atoms with E-state index in [9.17, 15) is 4.79 Å². The number of benzene rings is 1. The van der Waals surface area contributed by atoms with E-state index in [1.807, 2.05) is 36.1 Å². The zero-order valence-corrected chi connectivity index (χ0v) is 16.3. The first kappa shape index (κ1) is 17.8. The van der Waals surface area contributed by atoms with Gasteiger partial charge in [-0.05, 0) is 49.8 Å². The molecular formula is C19H23ClN4OS. The van der Waals surface area contributed by atoms with Crippen molar-refractivity contribution >= 4 is 34.0 Å². The van der Waals surface area contributed by atoms with Crippen molar-refractivity contribution in [2.45, 2.75) is 38.3 Å². The topological polar surface area (TPSA) is 71.2 Å². The number of thiazole rings is 1. The fourth-order valence-electron chi connectivity index (χ4n) is 4.35. The van der Waals surface area contributed by atoms with E-state index in [0.717, 1.165) is 35.0 Å². The van der Waals surface area contributed by atoms with Gasteiger partial charge in [0.15, 0.2) is 5.13 Å². The third-order valence-corrected chi connectivity index (χ3v) is 6.76. The number of carbonyl (C=O) groups excluding carboxylic acids is 1. The van der Waals surface area contributed by atoms with Gasteiger partial charge in [0, 0.05) is 30.2 Å². The van der Waals surface area contributed by atoms with Crippen LogP contribution in [0.25, 0.3) is 10.4 Å². The normalized spacial score (nSPS) is 24.3. The van der Waals surface area contributed by atoms with Gasteiger partial charge in [0.1, 0.15) is 5.69 Å². The highest BCUT2D eigenvalue weighted by Gasteiger charge is 2.48. The molecule has 1 amide bonds. The molecular weight excluding hydrogens is 368 g/mol. The molecule has 3 atom stereocenters. The van der Waals surface area contributed by atoms with Crippen molar-refractivity contribution < 1.29 is 4.79 Å². The first-order valence-corrected chi connectivity index (χ1v) is 10.3. The van der Waals surface area contributed by atoms with E-state index in [0.29, 0.717) is 29.2 Å². The summed E-state index contributed by atoms with van der Waals surface area (Å²) in [5.41, 5.74) is 7.45. The van der Waals surface area contributed by atoms with Crippen LogP contribution in [0.3, 0.4) is 0 Å². The van der Waals surface area contributed by atoms with E-state index in [1.54, 1.807) is 0 Å². The molecule has 26 heavy (non-hydrogen) atoms. The fourth-order valence-corrected chi connectivity index (χ4v) is 5.57. The minimum absolute atomic E-state index is 0.00280. The SMILES string of the molecule is CCNc1nc(C(=O)N2[C@@H]3CC[C@@H](C3)[C@H]2CN)c(-c2cccc(Cl)c2)s1. The maximum absolute atomic E-state index is 13.5. The summed E-state index contributed by atoms with van der Waals surface area (Å²) in [5, 5.41) is 4.65. The van der Waals surface area contributed by atoms with E-state index >= 15 is 0 Å². The molecule has 2 fully saturated rings. The molecule has 1 aliphatic carbocycles. The molecule has 1 saturated heterocycles. The Hall–Kier alpha value is -1.63. The van der Waals surface area contributed by atoms with Crippen molar-refractivity contribution in [3.8, 4) is 10.4 Å². The van der Waals surface area contributed by atoms with Crippen molar-refractivity contribution in [2.75, 3.05) is 18.4 Å². The number of aromatic nitrogens is 1. The number of hydrogen-bond donors (Lipinski definition) is 2. The number of halogens is 1. The highest BCUT2D eigenvalue weighted by atomic mass is 35.5. The van der Waals surface area contributed by atoms with Crippen LogP contribution in [0, 0.1) is 5.92 Å². The molecule has 3 N–H and O–H groups in total. The molecule has 0 radical (unpaired) electrons. The highest BCUT2D eigenvalue weighted by Crippen LogP contribution is 2.44. The fraction of sp³-hybridized carbons (Fsp3) is 0.474. The summed E-state index contributed by atoms with van der Waals surface area (Å²) in [5.74, 6) is 0.540. The molecule has 1 aliphatic heterocycles. The summed E-state index contributed by atoms with van der Waals surface area (Å²) in [7, 11) is 0. The van der Waals surface area contributed by atoms with Gasteiger partial charge in [0.05, 0.1) is 4.88 Å². The van der Waals surface area contributed by atoms with Crippen LogP contribution < -0.4 is 11.1 Å². The Balaban J connectivity index is 1.74. The third-order valence-electron chi connectivity index (χ3n) is 5.46. The van der Waals surface area contributed by atoms with Crippen LogP contribution in [-0.4, -0.2) is 41.0 Å². The summed E-state index contributed by atoms with van der Waals surface area (Å²) in [6.07, 6.45) is 3.32. The number of anilines is 1. The predicted octanol–water partition coefficient (Wildman–Crippen LogP) is 3.85. The molecule has 2 heterocycles. The Morgan fingerprint density at radius 3 is 3.04 bits per heavy atom. The van der Waals surface area contributed by atoms with Crippen LogP contribution in [0.5, 0.6) is 0 Å². The Morgan fingerprint density at radius 2 is 2.31 bits per heavy atom. The lowest BCUT2D eigenvalue weighted by Gasteiger charge is -2.34. The number of nitrogens with two attached hydrogens (primary N) is 1. The number of fused-ring (bicyclic) bond motifs is 2. The van der Waals surface area contributed by atoms with Gasteiger partial charge in [0.25, 0.3) is 5.91 Å². The molecule has 0 unspecified atom stereocenters. The van der Waals surface area contributed by atoms with Gasteiger partial charge < -0.3 is 16.0 Å². The van der Waals surface area contributed by atoms with Crippen molar-refractivity contribution in [2.24, 2.45) is 11.7 Å². The number of amides is 1. The second-order valence-electron chi connectivity index (χ2n) is 6.98. The number of piperidine rings is 1. The lowest BCUT2D eigenvalue weighted by Crippen LogP contribution is -2.48. The minimum Gasteiger partial charge on any atom is -0.362 e. The highest BCUT2D eigenvalue weighted by molar-refractivity contribution is 7.19. The number of rotatable bonds is 5. The van der Waals surface area contributed by atoms with Crippen LogP contribution in [0.2, 0.25) is 5.02 Å². The monoisotopic (exact) mass is 390 g/mol. The van der Waals surface area contributed by atoms with Gasteiger partial charge in [-0.25, -0.2) is 4.98 Å². The van der Waals surface area contributed by atoms with Crippen molar-refractivity contribution in [3.63, 3.8) is 0 Å². The molecule has 1 aromatic carbocycles. The van der Waals surface area contributed by atoms with Crippen molar-refractivity contribution in [1.29, 1.82) is 0 Å². The largest absolute Gasteiger partial charge is 0.362 e. The Labute approximate surface area is 162 Å². The lowest BCUT2D eigenvalue weighted by molar-refractivity contribution is 0.0598. The molecule has 2 bridgehead atoms. The Bertz CT molecular complexity index is 824. The number of hydrogen-bond acceptors (Lipinski definition) is 5. The average Bonchev–Trinajstić information content (AvgIpc) is 3.35. The molecule has 1 saturated carbocycles. The summed E-state index contributed by atoms with van der Waals surface area (Å²) >= 11 is 7.68. The smallest absolute Gasteiger partial charge is 0.274 e. The van der Waals surface area contributed by atoms with Crippen LogP contribution in [-0.2, 0) is 0 Å². The molecule has 5 nitrogen and oxygen atoms in total. The van der Waals surface area contributed by atoms with Gasteiger partial charge in [-0.3, -0.25) is 4.79 Å². The summed E-state index contributed by atoms with van der Waals surface area (Å²) in [6, 6.07) is 8.04. The minimum atomic E-state index is 0.00280. The van der Waals surface area contributed by atoms with Crippen molar-refractivity contribution in [3.05, 3.63) is 35.0 Å². The summed E-state index contributed by atoms with van der Waals surface area (Å²) in [6.45, 7) is 3.30. The summed E-state index contributed by atoms with van der Waals surface area (Å²) < 4.78 is 0. The van der Waals surface area contributed by atoms with Gasteiger partial charge in [-0.15, -0.1) is 0 Å². The third kappa shape index (κ3) is 3.00. The van der Waals surface area contributed by atoms with Gasteiger partial charge in [-0.1, -0.05) is 35.1 Å². The number of nitrogens with zero attached hydrogens (tertiary/aromatic N) is 2. The second kappa shape index (κ2) is 7.18. The zero-order valence-electron chi connectivity index (χ0n) is 14.7. The average molecular weight is 391 g/mol. The molecule has 2 aromatic rings. The van der Waals surface area contributed by atoms with Crippen LogP contribution in [0.1, 0.15) is 36.7 Å². The molecule has 7 heteroatoms. The van der Waals surface area contributed by atoms with E-state index in [1.165, 1.54) is 17.8 Å². The van der Waals surface area contributed by atoms with E-state index in [2.05, 4.69) is 10.3 Å². The molecule has 1 aromatic heterocycles. The number of nitrogens with one attached hydrogen (secondary N) is 1. The molecule has 2 aliphatic rings. The number of likely N-dealkylation sites (tertiary alicyclic amines) is 1. The molecule has 0 spiro atoms. The lowest BCUT2D eigenvalue weighted by atomic mass is 9.98. The van der Waals surface area contributed by atoms with Gasteiger partial charge in [-0.2, -0.15) is 0 Å². The molecule has 138 valence electrons. The first-order chi connectivity index (χ1) is 12.6. The first-order valence-electron chi connectivity index (χ1n) is 9.15. The van der Waals surface area contributed by atoms with Crippen molar-refractivity contribution in [1.82, 2.24) is 9.88 Å². The molecule has 4 rings (SSSR count). The van der Waals surface area contributed by atoms with E-state index in [4.69, 9.17) is 17.3 Å². The second-order valence-corrected chi connectivity index (χ2v) is 8.42. The Kier molecular flexibility index (Phi) is 4.90. The summed E-state index contributed by atoms with van der Waals surface area (Å²) in [4.78, 5) is 21.0. The Morgan fingerprint density at radius 1 is 1.46 bits per heavy atom. The van der Waals surface area contributed by atoms with Crippen LogP contribution >= 0.6 is 22.9 Å². The maximum Gasteiger partial charge on any atom is 0.274 e. The quantitative estimate of drug-likeness (QED) is 0.813. The van der Waals surface area contributed by atoms with E-state index < -0.39 is 0 Å². The number of carbonyl (C=O) groups is 1. The van der Waals surface area contributed by atoms with Gasteiger partial charge >= 0.3 is 0 Å². The maximum atomic E-state index is 13.5. The van der Waals surface area contributed by atoms with Gasteiger partial charge in [0.2, 0.25) is 0 Å². The van der Waals surface area contributed by atoms with E-state index in [-0.39, 0.29) is 11.9 Å².